The molecular weight excluding hydrogens is 326 g/mol. The molecule has 0 spiro atoms. The van der Waals surface area contributed by atoms with Gasteiger partial charge in [-0.3, -0.25) is 4.79 Å². The average molecular weight is 348 g/mol. The first-order valence-corrected chi connectivity index (χ1v) is 7.79. The lowest BCUT2D eigenvalue weighted by Crippen LogP contribution is -2.26. The van der Waals surface area contributed by atoms with Crippen molar-refractivity contribution < 1.29 is 28.3 Å². The molecule has 0 radical (unpaired) electrons. The third kappa shape index (κ3) is 7.27. The minimum Gasteiger partial charge on any atom is -0.465 e. The van der Waals surface area contributed by atoms with Crippen molar-refractivity contribution in [1.82, 2.24) is 4.98 Å². The summed E-state index contributed by atoms with van der Waals surface area (Å²) in [5.41, 5.74) is 0.647. The number of hydrogen-bond donors (Lipinski definition) is 0. The van der Waals surface area contributed by atoms with Gasteiger partial charge in [0.15, 0.2) is 17.6 Å². The number of ether oxygens (including phenoxy) is 2. The van der Waals surface area contributed by atoms with Gasteiger partial charge in [0.1, 0.15) is 0 Å². The average Bonchev–Trinajstić information content (AvgIpc) is 3.03. The number of Topliss-reactive ketones (excluding diaryl/α,β-unsaturated/α-hetero) is 1. The predicted molar refractivity (Wildman–Crippen MR) is 83.4 cm³/mol. The van der Waals surface area contributed by atoms with E-state index in [1.807, 2.05) is 6.92 Å². The van der Waals surface area contributed by atoms with E-state index in [0.29, 0.717) is 18.7 Å². The number of ketones is 1. The monoisotopic (exact) mass is 347 g/mol. The summed E-state index contributed by atoms with van der Waals surface area (Å²) in [6.07, 6.45) is 2.18. The van der Waals surface area contributed by atoms with E-state index < -0.39 is 17.3 Å². The Morgan fingerprint density at radius 3 is 2.26 bits per heavy atom. The molecule has 0 saturated carbocycles. The summed E-state index contributed by atoms with van der Waals surface area (Å²) in [7, 11) is 0. The number of aryl methyl sites for hydroxylation is 1. The lowest BCUT2D eigenvalue weighted by atomic mass is 10.2. The van der Waals surface area contributed by atoms with Crippen LogP contribution in [0.4, 0.5) is 0 Å². The number of carbonyl (C=O) groups excluding carboxylic acids is 3. The molecule has 1 aromatic heterocycles. The fourth-order valence-corrected chi connectivity index (χ4v) is 1.63. The number of halogens is 1. The van der Waals surface area contributed by atoms with E-state index in [0.717, 1.165) is 0 Å². The Labute approximate surface area is 140 Å². The zero-order chi connectivity index (χ0) is 17.8. The van der Waals surface area contributed by atoms with Crippen molar-refractivity contribution in [3.8, 4) is 0 Å². The van der Waals surface area contributed by atoms with Gasteiger partial charge in [0.2, 0.25) is 5.76 Å². The van der Waals surface area contributed by atoms with Gasteiger partial charge in [-0.25, -0.2) is 14.6 Å². The van der Waals surface area contributed by atoms with Crippen molar-refractivity contribution in [3.63, 3.8) is 0 Å². The number of nitrogens with zero attached hydrogens (tertiary/aromatic N) is 1. The first-order chi connectivity index (χ1) is 10.9. The summed E-state index contributed by atoms with van der Waals surface area (Å²) in [5.74, 6) is -1.17. The van der Waals surface area contributed by atoms with Gasteiger partial charge in [0.25, 0.3) is 0 Å². The predicted octanol–water partition coefficient (Wildman–Crippen LogP) is 2.55. The maximum Gasteiger partial charge on any atom is 0.376 e. The standard InChI is InChI=1S/C8H11NO3.C7H11ClO3/c1-3-6-7(12-5-9-6)8(10)11-4-2;1-3-5(9)6(8)7(10)11-4-2/h5H,3-4H2,1-2H3;6H,3-4H2,1-2H3. The van der Waals surface area contributed by atoms with E-state index >= 15 is 0 Å². The third-order valence-corrected chi connectivity index (χ3v) is 2.98. The first kappa shape index (κ1) is 21.1. The maximum absolute atomic E-state index is 11.1. The topological polar surface area (TPSA) is 95.7 Å². The molecule has 1 aromatic rings. The molecule has 8 heteroatoms. The number of rotatable bonds is 7. The van der Waals surface area contributed by atoms with Crippen molar-refractivity contribution in [1.29, 1.82) is 0 Å². The molecule has 0 N–H and O–H groups in total. The van der Waals surface area contributed by atoms with Crippen molar-refractivity contribution in [2.45, 2.75) is 45.9 Å². The van der Waals surface area contributed by atoms with Crippen LogP contribution < -0.4 is 0 Å². The highest BCUT2D eigenvalue weighted by atomic mass is 35.5. The number of carbonyl (C=O) groups is 3. The van der Waals surface area contributed by atoms with Gasteiger partial charge < -0.3 is 13.9 Å². The van der Waals surface area contributed by atoms with E-state index in [2.05, 4.69) is 9.72 Å². The van der Waals surface area contributed by atoms with E-state index in [9.17, 15) is 14.4 Å². The summed E-state index contributed by atoms with van der Waals surface area (Å²) >= 11 is 5.44. The summed E-state index contributed by atoms with van der Waals surface area (Å²) in [6.45, 7) is 7.57. The van der Waals surface area contributed by atoms with Crippen LogP contribution in [0.2, 0.25) is 0 Å². The Morgan fingerprint density at radius 2 is 1.78 bits per heavy atom. The molecule has 0 aromatic carbocycles. The minimum atomic E-state index is -1.13. The Bertz CT molecular complexity index is 514. The number of alkyl halides is 1. The molecule has 0 fully saturated rings. The molecule has 0 aliphatic heterocycles. The van der Waals surface area contributed by atoms with Gasteiger partial charge in [-0.05, 0) is 20.3 Å². The highest BCUT2D eigenvalue weighted by Gasteiger charge is 2.23. The Balaban J connectivity index is 0.000000423. The Morgan fingerprint density at radius 1 is 1.17 bits per heavy atom. The molecule has 1 heterocycles. The summed E-state index contributed by atoms with van der Waals surface area (Å²) in [5, 5.41) is -1.13. The van der Waals surface area contributed by atoms with Crippen molar-refractivity contribution in [3.05, 3.63) is 17.8 Å². The summed E-state index contributed by atoms with van der Waals surface area (Å²) < 4.78 is 14.2. The van der Waals surface area contributed by atoms with Crippen LogP contribution >= 0.6 is 11.6 Å². The number of oxazole rings is 1. The minimum absolute atomic E-state index is 0.222. The van der Waals surface area contributed by atoms with E-state index in [1.165, 1.54) is 6.39 Å². The molecule has 130 valence electrons. The van der Waals surface area contributed by atoms with Crippen LogP contribution in [0.25, 0.3) is 0 Å². The van der Waals surface area contributed by atoms with Crippen LogP contribution in [0.15, 0.2) is 10.8 Å². The molecule has 0 aliphatic carbocycles. The van der Waals surface area contributed by atoms with Crippen molar-refractivity contribution in [2.75, 3.05) is 13.2 Å². The fourth-order valence-electron chi connectivity index (χ4n) is 1.41. The highest BCUT2D eigenvalue weighted by Crippen LogP contribution is 2.08. The molecule has 1 rings (SSSR count). The molecule has 0 aliphatic rings. The molecule has 0 saturated heterocycles. The summed E-state index contributed by atoms with van der Waals surface area (Å²) in [6, 6.07) is 0. The van der Waals surface area contributed by atoms with E-state index in [-0.39, 0.29) is 24.6 Å². The van der Waals surface area contributed by atoms with Gasteiger partial charge in [-0.15, -0.1) is 11.6 Å². The molecule has 0 bridgehead atoms. The molecule has 1 atom stereocenters. The van der Waals surface area contributed by atoms with Gasteiger partial charge in [0, 0.05) is 6.42 Å². The van der Waals surface area contributed by atoms with Crippen LogP contribution in [-0.4, -0.2) is 41.3 Å². The SMILES string of the molecule is CCOC(=O)C(Cl)C(=O)CC.CCOC(=O)c1ocnc1CC. The largest absolute Gasteiger partial charge is 0.465 e. The number of esters is 2. The zero-order valence-electron chi connectivity index (χ0n) is 13.8. The summed E-state index contributed by atoms with van der Waals surface area (Å²) in [4.78, 5) is 36.6. The highest BCUT2D eigenvalue weighted by molar-refractivity contribution is 6.41. The van der Waals surface area contributed by atoms with Crippen LogP contribution in [0.1, 0.15) is 50.4 Å². The zero-order valence-corrected chi connectivity index (χ0v) is 14.5. The second-order valence-electron chi connectivity index (χ2n) is 4.14. The second kappa shape index (κ2) is 11.6. The van der Waals surface area contributed by atoms with Gasteiger partial charge >= 0.3 is 11.9 Å². The molecule has 0 amide bonds. The van der Waals surface area contributed by atoms with Gasteiger partial charge in [-0.2, -0.15) is 0 Å². The van der Waals surface area contributed by atoms with Crippen molar-refractivity contribution in [2.24, 2.45) is 0 Å². The van der Waals surface area contributed by atoms with E-state index in [1.54, 1.807) is 20.8 Å². The fraction of sp³-hybridized carbons (Fsp3) is 0.600. The molecule has 1 unspecified atom stereocenters. The van der Waals surface area contributed by atoms with Gasteiger partial charge in [0.05, 0.1) is 18.9 Å². The van der Waals surface area contributed by atoms with Crippen LogP contribution in [-0.2, 0) is 25.5 Å². The van der Waals surface area contributed by atoms with Crippen LogP contribution in [0.5, 0.6) is 0 Å². The van der Waals surface area contributed by atoms with Crippen molar-refractivity contribution >= 4 is 29.3 Å². The normalized spacial score (nSPS) is 11.0. The Hall–Kier alpha value is -1.89. The molecular formula is C15H22ClNO6. The van der Waals surface area contributed by atoms with E-state index in [4.69, 9.17) is 20.8 Å². The number of aromatic nitrogens is 1. The lowest BCUT2D eigenvalue weighted by Gasteiger charge is -2.04. The van der Waals surface area contributed by atoms with Crippen LogP contribution in [0.3, 0.4) is 0 Å². The quantitative estimate of drug-likeness (QED) is 0.425. The maximum atomic E-state index is 11.1. The smallest absolute Gasteiger partial charge is 0.376 e. The third-order valence-electron chi connectivity index (χ3n) is 2.56. The second-order valence-corrected chi connectivity index (χ2v) is 4.57. The van der Waals surface area contributed by atoms with Gasteiger partial charge in [-0.1, -0.05) is 13.8 Å². The first-order valence-electron chi connectivity index (χ1n) is 7.35. The lowest BCUT2D eigenvalue weighted by molar-refractivity contribution is -0.145. The number of hydrogen-bond acceptors (Lipinski definition) is 7. The Kier molecular flexibility index (Phi) is 10.7. The molecule has 23 heavy (non-hydrogen) atoms. The van der Waals surface area contributed by atoms with Crippen LogP contribution in [0, 0.1) is 0 Å². The molecule has 7 nitrogen and oxygen atoms in total.